The second kappa shape index (κ2) is 6.43. The van der Waals surface area contributed by atoms with Crippen LogP contribution in [0.2, 0.25) is 0 Å². The smallest absolute Gasteiger partial charge is 0.0860 e. The standard InChI is InChI=1S/C20H26N2/c1-19(2,3)15-20(4,5)16-10-9-13-18(14-16)22-21-17-11-7-6-8-12-17/h6-14H,15H2,1-5H3. The van der Waals surface area contributed by atoms with Gasteiger partial charge in [0.25, 0.3) is 0 Å². The first kappa shape index (κ1) is 16.4. The minimum atomic E-state index is 0.122. The third kappa shape index (κ3) is 4.80. The fourth-order valence-corrected chi connectivity index (χ4v) is 3.03. The molecule has 2 nitrogen and oxygen atoms in total. The molecule has 0 saturated carbocycles. The van der Waals surface area contributed by atoms with Gasteiger partial charge in [0.1, 0.15) is 0 Å². The Morgan fingerprint density at radius 2 is 1.32 bits per heavy atom. The highest BCUT2D eigenvalue weighted by atomic mass is 15.1. The fourth-order valence-electron chi connectivity index (χ4n) is 3.03. The zero-order valence-corrected chi connectivity index (χ0v) is 14.3. The number of hydrogen-bond donors (Lipinski definition) is 0. The minimum absolute atomic E-state index is 0.122. The Labute approximate surface area is 134 Å². The lowest BCUT2D eigenvalue weighted by molar-refractivity contribution is 0.284. The van der Waals surface area contributed by atoms with E-state index in [0.29, 0.717) is 5.41 Å². The maximum Gasteiger partial charge on any atom is 0.0860 e. The van der Waals surface area contributed by atoms with Crippen LogP contribution in [0.5, 0.6) is 0 Å². The summed E-state index contributed by atoms with van der Waals surface area (Å²) in [5.74, 6) is 0. The highest BCUT2D eigenvalue weighted by molar-refractivity contribution is 5.43. The highest BCUT2D eigenvalue weighted by Crippen LogP contribution is 2.37. The van der Waals surface area contributed by atoms with Crippen molar-refractivity contribution in [3.05, 3.63) is 60.2 Å². The normalized spacial score (nSPS) is 12.8. The summed E-state index contributed by atoms with van der Waals surface area (Å²) in [4.78, 5) is 0. The first-order valence-corrected chi connectivity index (χ1v) is 7.84. The van der Waals surface area contributed by atoms with Crippen molar-refractivity contribution in [2.45, 2.75) is 46.5 Å². The summed E-state index contributed by atoms with van der Waals surface area (Å²) in [6, 6.07) is 18.2. The monoisotopic (exact) mass is 294 g/mol. The van der Waals surface area contributed by atoms with E-state index >= 15 is 0 Å². The fraction of sp³-hybridized carbons (Fsp3) is 0.400. The number of azo groups is 1. The average Bonchev–Trinajstić information content (AvgIpc) is 2.44. The first-order chi connectivity index (χ1) is 10.3. The number of nitrogens with zero attached hydrogens (tertiary/aromatic N) is 2. The summed E-state index contributed by atoms with van der Waals surface area (Å²) in [6.07, 6.45) is 1.12. The molecular weight excluding hydrogens is 268 g/mol. The van der Waals surface area contributed by atoms with E-state index in [4.69, 9.17) is 0 Å². The molecule has 116 valence electrons. The Hall–Kier alpha value is -1.96. The lowest BCUT2D eigenvalue weighted by Gasteiger charge is -2.33. The molecule has 0 heterocycles. The molecule has 2 heteroatoms. The van der Waals surface area contributed by atoms with Crippen LogP contribution >= 0.6 is 0 Å². The third-order valence-corrected chi connectivity index (χ3v) is 3.64. The van der Waals surface area contributed by atoms with Crippen molar-refractivity contribution >= 4 is 11.4 Å². The van der Waals surface area contributed by atoms with Crippen molar-refractivity contribution in [1.29, 1.82) is 0 Å². The largest absolute Gasteiger partial charge is 0.151 e. The maximum atomic E-state index is 4.37. The van der Waals surface area contributed by atoms with E-state index in [1.807, 2.05) is 36.4 Å². The number of rotatable bonds is 4. The molecule has 0 unspecified atom stereocenters. The molecule has 0 aliphatic carbocycles. The Kier molecular flexibility index (Phi) is 4.80. The van der Waals surface area contributed by atoms with Crippen LogP contribution in [0.25, 0.3) is 0 Å². The third-order valence-electron chi connectivity index (χ3n) is 3.64. The summed E-state index contributed by atoms with van der Waals surface area (Å²) in [7, 11) is 0. The van der Waals surface area contributed by atoms with Gasteiger partial charge in [-0.25, -0.2) is 0 Å². The molecule has 0 radical (unpaired) electrons. The predicted octanol–water partition coefficient (Wildman–Crippen LogP) is 6.82. The Balaban J connectivity index is 2.21. The van der Waals surface area contributed by atoms with Gasteiger partial charge < -0.3 is 0 Å². The van der Waals surface area contributed by atoms with Crippen molar-refractivity contribution in [2.75, 3.05) is 0 Å². The summed E-state index contributed by atoms with van der Waals surface area (Å²) < 4.78 is 0. The van der Waals surface area contributed by atoms with Crippen molar-refractivity contribution < 1.29 is 0 Å². The van der Waals surface area contributed by atoms with Gasteiger partial charge in [-0.15, -0.1) is 0 Å². The molecule has 0 aromatic heterocycles. The zero-order valence-electron chi connectivity index (χ0n) is 14.3. The summed E-state index contributed by atoms with van der Waals surface area (Å²) in [6.45, 7) is 11.5. The highest BCUT2D eigenvalue weighted by Gasteiger charge is 2.27. The molecule has 22 heavy (non-hydrogen) atoms. The molecule has 2 rings (SSSR count). The lowest BCUT2D eigenvalue weighted by Crippen LogP contribution is -2.24. The number of hydrogen-bond acceptors (Lipinski definition) is 2. The van der Waals surface area contributed by atoms with E-state index in [2.05, 4.69) is 63.0 Å². The van der Waals surface area contributed by atoms with Crippen LogP contribution in [-0.2, 0) is 5.41 Å². The van der Waals surface area contributed by atoms with Gasteiger partial charge in [0.2, 0.25) is 0 Å². The van der Waals surface area contributed by atoms with Crippen molar-refractivity contribution in [3.63, 3.8) is 0 Å². The topological polar surface area (TPSA) is 24.7 Å². The maximum absolute atomic E-state index is 4.37. The second-order valence-corrected chi connectivity index (χ2v) is 7.71. The van der Waals surface area contributed by atoms with Gasteiger partial charge in [-0.2, -0.15) is 10.2 Å². The molecule has 0 spiro atoms. The summed E-state index contributed by atoms with van der Waals surface area (Å²) in [5.41, 5.74) is 3.51. The van der Waals surface area contributed by atoms with Gasteiger partial charge in [-0.3, -0.25) is 0 Å². The molecular formula is C20H26N2. The zero-order chi connectivity index (χ0) is 16.2. The Morgan fingerprint density at radius 1 is 0.727 bits per heavy atom. The van der Waals surface area contributed by atoms with Gasteiger partial charge in [0.05, 0.1) is 11.4 Å². The molecule has 0 aliphatic rings. The van der Waals surface area contributed by atoms with Crippen LogP contribution in [0.15, 0.2) is 64.8 Å². The van der Waals surface area contributed by atoms with Crippen molar-refractivity contribution in [1.82, 2.24) is 0 Å². The molecule has 0 bridgehead atoms. The minimum Gasteiger partial charge on any atom is -0.151 e. The molecule has 0 fully saturated rings. The molecule has 0 aliphatic heterocycles. The van der Waals surface area contributed by atoms with Gasteiger partial charge >= 0.3 is 0 Å². The van der Waals surface area contributed by atoms with Crippen LogP contribution in [0.3, 0.4) is 0 Å². The average molecular weight is 294 g/mol. The Morgan fingerprint density at radius 3 is 1.95 bits per heavy atom. The first-order valence-electron chi connectivity index (χ1n) is 7.84. The van der Waals surface area contributed by atoms with Crippen LogP contribution in [0.4, 0.5) is 11.4 Å². The van der Waals surface area contributed by atoms with E-state index < -0.39 is 0 Å². The quantitative estimate of drug-likeness (QED) is 0.553. The Bertz CT molecular complexity index is 634. The molecule has 0 atom stereocenters. The van der Waals surface area contributed by atoms with Gasteiger partial charge in [0.15, 0.2) is 0 Å². The van der Waals surface area contributed by atoms with Gasteiger partial charge in [-0.1, -0.05) is 65.0 Å². The van der Waals surface area contributed by atoms with Crippen LogP contribution in [0, 0.1) is 5.41 Å². The molecule has 0 saturated heterocycles. The molecule has 0 amide bonds. The van der Waals surface area contributed by atoms with E-state index in [0.717, 1.165) is 17.8 Å². The van der Waals surface area contributed by atoms with Crippen molar-refractivity contribution in [3.8, 4) is 0 Å². The summed E-state index contributed by atoms with van der Waals surface area (Å²) >= 11 is 0. The van der Waals surface area contributed by atoms with Crippen LogP contribution in [0.1, 0.15) is 46.6 Å². The van der Waals surface area contributed by atoms with E-state index in [-0.39, 0.29) is 5.41 Å². The number of benzene rings is 2. The van der Waals surface area contributed by atoms with Crippen LogP contribution in [-0.4, -0.2) is 0 Å². The van der Waals surface area contributed by atoms with Crippen molar-refractivity contribution in [2.24, 2.45) is 15.6 Å². The van der Waals surface area contributed by atoms with Gasteiger partial charge in [-0.05, 0) is 47.1 Å². The van der Waals surface area contributed by atoms with Gasteiger partial charge in [0, 0.05) is 0 Å². The SMILES string of the molecule is CC(C)(C)CC(C)(C)c1cccc(N=Nc2ccccc2)c1. The summed E-state index contributed by atoms with van der Waals surface area (Å²) in [5, 5.41) is 8.67. The molecule has 2 aromatic rings. The lowest BCUT2D eigenvalue weighted by atomic mass is 9.72. The van der Waals surface area contributed by atoms with E-state index in [1.54, 1.807) is 0 Å². The molecule has 0 N–H and O–H groups in total. The van der Waals surface area contributed by atoms with Crippen LogP contribution < -0.4 is 0 Å². The predicted molar refractivity (Wildman–Crippen MR) is 94.2 cm³/mol. The van der Waals surface area contributed by atoms with E-state index in [1.165, 1.54) is 5.56 Å². The van der Waals surface area contributed by atoms with E-state index in [9.17, 15) is 0 Å². The molecule has 2 aromatic carbocycles. The second-order valence-electron chi connectivity index (χ2n) is 7.71.